The SMILES string of the molecule is O=C(OCC[N-]S(=O)(=O)C(F)(F)F)c1cc(I)ccc1Br. The Balaban J connectivity index is 2.54. The van der Waals surface area contributed by atoms with Crippen LogP contribution >= 0.6 is 38.5 Å². The van der Waals surface area contributed by atoms with Gasteiger partial charge < -0.3 is 9.46 Å². The van der Waals surface area contributed by atoms with Crippen molar-refractivity contribution in [3.05, 3.63) is 36.5 Å². The van der Waals surface area contributed by atoms with Gasteiger partial charge in [0.25, 0.3) is 0 Å². The Morgan fingerprint density at radius 1 is 1.38 bits per heavy atom. The number of hydrogen-bond donors (Lipinski definition) is 0. The van der Waals surface area contributed by atoms with Gasteiger partial charge in [-0.15, -0.1) is 6.54 Å². The number of carbonyl (C=O) groups is 1. The molecule has 0 amide bonds. The van der Waals surface area contributed by atoms with Gasteiger partial charge in [-0.2, -0.15) is 13.2 Å². The number of alkyl halides is 3. The number of benzene rings is 1. The Kier molecular flexibility index (Phi) is 6.43. The molecule has 0 aliphatic carbocycles. The highest BCUT2D eigenvalue weighted by Crippen LogP contribution is 2.27. The van der Waals surface area contributed by atoms with Gasteiger partial charge in [0.15, 0.2) is 10.0 Å². The third-order valence-corrected chi connectivity index (χ3v) is 4.50. The Morgan fingerprint density at radius 3 is 2.57 bits per heavy atom. The number of rotatable bonds is 5. The molecule has 0 heterocycles. The summed E-state index contributed by atoms with van der Waals surface area (Å²) in [5, 5.41) is 0. The van der Waals surface area contributed by atoms with Gasteiger partial charge in [-0.1, -0.05) is 0 Å². The molecule has 0 N–H and O–H groups in total. The minimum absolute atomic E-state index is 0.181. The van der Waals surface area contributed by atoms with Crippen LogP contribution in [0, 0.1) is 3.57 Å². The number of hydrogen-bond acceptors (Lipinski definition) is 4. The molecule has 11 heteroatoms. The van der Waals surface area contributed by atoms with E-state index in [2.05, 4.69) is 25.4 Å². The quantitative estimate of drug-likeness (QED) is 0.352. The maximum absolute atomic E-state index is 12.0. The largest absolute Gasteiger partial charge is 0.538 e. The van der Waals surface area contributed by atoms with Crippen LogP contribution in [0.5, 0.6) is 0 Å². The third kappa shape index (κ3) is 5.38. The predicted octanol–water partition coefficient (Wildman–Crippen LogP) is 3.43. The fourth-order valence-corrected chi connectivity index (χ4v) is 2.46. The van der Waals surface area contributed by atoms with Gasteiger partial charge >= 0.3 is 11.5 Å². The number of sulfonamides is 1. The van der Waals surface area contributed by atoms with E-state index in [1.54, 1.807) is 12.1 Å². The fourth-order valence-electron chi connectivity index (χ4n) is 1.10. The second kappa shape index (κ2) is 7.24. The summed E-state index contributed by atoms with van der Waals surface area (Å²) in [6, 6.07) is 4.85. The molecule has 0 unspecified atom stereocenters. The van der Waals surface area contributed by atoms with Gasteiger partial charge in [-0.25, -0.2) is 13.2 Å². The highest BCUT2D eigenvalue weighted by Gasteiger charge is 2.38. The lowest BCUT2D eigenvalue weighted by atomic mass is 10.2. The van der Waals surface area contributed by atoms with Crippen molar-refractivity contribution in [1.82, 2.24) is 0 Å². The molecule has 0 aliphatic rings. The summed E-state index contributed by atoms with van der Waals surface area (Å²) in [5.74, 6) is -0.792. The molecule has 0 atom stereocenters. The molecule has 0 radical (unpaired) electrons. The van der Waals surface area contributed by atoms with Crippen molar-refractivity contribution in [1.29, 1.82) is 0 Å². The Bertz CT molecular complexity index is 636. The van der Waals surface area contributed by atoms with Crippen LogP contribution < -0.4 is 0 Å². The zero-order valence-electron chi connectivity index (χ0n) is 10.0. The van der Waals surface area contributed by atoms with Crippen molar-refractivity contribution in [2.24, 2.45) is 0 Å². The van der Waals surface area contributed by atoms with E-state index in [9.17, 15) is 26.4 Å². The molecule has 0 spiro atoms. The van der Waals surface area contributed by atoms with E-state index in [0.717, 1.165) is 3.57 Å². The van der Waals surface area contributed by atoms with Crippen LogP contribution in [-0.4, -0.2) is 33.0 Å². The first kappa shape index (κ1) is 18.6. The molecule has 0 saturated carbocycles. The van der Waals surface area contributed by atoms with Crippen LogP contribution in [0.2, 0.25) is 0 Å². The Hall–Kier alpha value is -0.400. The second-order valence-electron chi connectivity index (χ2n) is 3.53. The van der Waals surface area contributed by atoms with E-state index in [-0.39, 0.29) is 5.56 Å². The molecule has 1 rings (SSSR count). The minimum Gasteiger partial charge on any atom is -0.538 e. The average Bonchev–Trinajstić information content (AvgIpc) is 2.36. The van der Waals surface area contributed by atoms with Crippen molar-refractivity contribution in [2.75, 3.05) is 13.2 Å². The number of esters is 1. The standard InChI is InChI=1S/C10H7BrF3INO4S/c11-8-2-1-6(15)5-7(8)9(17)20-4-3-16-21(18,19)10(12,13)14/h1-2,5H,3-4H2/q-1. The molecule has 5 nitrogen and oxygen atoms in total. The van der Waals surface area contributed by atoms with Crippen LogP contribution in [-0.2, 0) is 14.8 Å². The predicted molar refractivity (Wildman–Crippen MR) is 80.3 cm³/mol. The maximum Gasteiger partial charge on any atom is 0.480 e. The van der Waals surface area contributed by atoms with Crippen molar-refractivity contribution in [3.8, 4) is 0 Å². The summed E-state index contributed by atoms with van der Waals surface area (Å²) in [5.41, 5.74) is -5.27. The summed E-state index contributed by atoms with van der Waals surface area (Å²) < 4.78 is 65.6. The third-order valence-electron chi connectivity index (χ3n) is 2.03. The fraction of sp³-hybridized carbons (Fsp3) is 0.300. The summed E-state index contributed by atoms with van der Waals surface area (Å²) in [7, 11) is -5.55. The Morgan fingerprint density at radius 2 is 2.00 bits per heavy atom. The lowest BCUT2D eigenvalue weighted by molar-refractivity contribution is -0.0427. The lowest BCUT2D eigenvalue weighted by Crippen LogP contribution is -2.23. The van der Waals surface area contributed by atoms with Gasteiger partial charge in [-0.05, 0) is 56.7 Å². The molecule has 0 aliphatic heterocycles. The molecule has 0 bridgehead atoms. The first-order valence-electron chi connectivity index (χ1n) is 5.17. The Labute approximate surface area is 140 Å². The van der Waals surface area contributed by atoms with E-state index in [4.69, 9.17) is 0 Å². The van der Waals surface area contributed by atoms with E-state index in [1.165, 1.54) is 6.07 Å². The van der Waals surface area contributed by atoms with Crippen molar-refractivity contribution in [3.63, 3.8) is 0 Å². The summed E-state index contributed by atoms with van der Waals surface area (Å²) in [4.78, 5) is 11.7. The molecule has 1 aromatic carbocycles. The van der Waals surface area contributed by atoms with Crippen LogP contribution in [0.3, 0.4) is 0 Å². The summed E-state index contributed by atoms with van der Waals surface area (Å²) in [6.45, 7) is -1.37. The van der Waals surface area contributed by atoms with Crippen molar-refractivity contribution >= 4 is 54.5 Å². The van der Waals surface area contributed by atoms with Crippen LogP contribution in [0.25, 0.3) is 4.72 Å². The number of halogens is 5. The van der Waals surface area contributed by atoms with Crippen LogP contribution in [0.4, 0.5) is 13.2 Å². The van der Waals surface area contributed by atoms with Crippen molar-refractivity contribution < 1.29 is 31.1 Å². The number of nitrogens with zero attached hydrogens (tertiary/aromatic N) is 1. The maximum atomic E-state index is 12.0. The van der Waals surface area contributed by atoms with Gasteiger partial charge in [0.2, 0.25) is 0 Å². The van der Waals surface area contributed by atoms with Crippen LogP contribution in [0.15, 0.2) is 22.7 Å². The molecule has 0 aromatic heterocycles. The lowest BCUT2D eigenvalue weighted by Gasteiger charge is -2.21. The monoisotopic (exact) mass is 500 g/mol. The summed E-state index contributed by atoms with van der Waals surface area (Å²) >= 11 is 5.09. The minimum atomic E-state index is -5.55. The topological polar surface area (TPSA) is 74.5 Å². The number of ether oxygens (including phenoxy) is 1. The van der Waals surface area contributed by atoms with E-state index < -0.39 is 34.7 Å². The number of carbonyl (C=O) groups excluding carboxylic acids is 1. The van der Waals surface area contributed by atoms with E-state index in [0.29, 0.717) is 4.47 Å². The van der Waals surface area contributed by atoms with E-state index >= 15 is 0 Å². The van der Waals surface area contributed by atoms with Gasteiger partial charge in [0, 0.05) is 8.04 Å². The molecular formula is C10H7BrF3INO4S-. The normalized spacial score (nSPS) is 12.2. The van der Waals surface area contributed by atoms with Gasteiger partial charge in [0.1, 0.15) is 0 Å². The zero-order valence-corrected chi connectivity index (χ0v) is 14.6. The second-order valence-corrected chi connectivity index (χ2v) is 7.30. The molecule has 118 valence electrons. The molecular weight excluding hydrogens is 494 g/mol. The van der Waals surface area contributed by atoms with Gasteiger partial charge in [-0.3, -0.25) is 0 Å². The van der Waals surface area contributed by atoms with Crippen molar-refractivity contribution in [2.45, 2.75) is 5.51 Å². The zero-order chi connectivity index (χ0) is 16.3. The highest BCUT2D eigenvalue weighted by molar-refractivity contribution is 14.1. The average molecular weight is 501 g/mol. The first-order chi connectivity index (χ1) is 9.54. The smallest absolute Gasteiger partial charge is 0.480 e. The molecule has 1 aromatic rings. The first-order valence-corrected chi connectivity index (χ1v) is 8.48. The highest BCUT2D eigenvalue weighted by atomic mass is 127. The molecule has 0 fully saturated rings. The molecule has 21 heavy (non-hydrogen) atoms. The molecule has 0 saturated heterocycles. The van der Waals surface area contributed by atoms with E-state index in [1.807, 2.05) is 22.6 Å². The summed E-state index contributed by atoms with van der Waals surface area (Å²) in [6.07, 6.45) is 0. The van der Waals surface area contributed by atoms with Crippen LogP contribution in [0.1, 0.15) is 10.4 Å². The van der Waals surface area contributed by atoms with Gasteiger partial charge in [0.05, 0.1) is 12.2 Å².